The van der Waals surface area contributed by atoms with Crippen molar-refractivity contribution in [3.8, 4) is 16.3 Å². The van der Waals surface area contributed by atoms with Crippen LogP contribution in [0.25, 0.3) is 10.6 Å². The molecule has 0 radical (unpaired) electrons. The fourth-order valence-electron chi connectivity index (χ4n) is 2.68. The zero-order valence-corrected chi connectivity index (χ0v) is 15.6. The van der Waals surface area contributed by atoms with Crippen LogP contribution in [0.15, 0.2) is 67.0 Å². The van der Waals surface area contributed by atoms with Gasteiger partial charge in [0.15, 0.2) is 0 Å². The van der Waals surface area contributed by atoms with E-state index in [9.17, 15) is 5.11 Å². The Morgan fingerprint density at radius 1 is 1.00 bits per heavy atom. The van der Waals surface area contributed by atoms with Crippen LogP contribution in [0.2, 0.25) is 0 Å². The first-order valence-electron chi connectivity index (χ1n) is 8.55. The van der Waals surface area contributed by atoms with E-state index in [0.717, 1.165) is 44.8 Å². The van der Waals surface area contributed by atoms with Gasteiger partial charge in [-0.3, -0.25) is 0 Å². The van der Waals surface area contributed by atoms with Gasteiger partial charge in [-0.2, -0.15) is 0 Å². The van der Waals surface area contributed by atoms with Gasteiger partial charge in [-0.05, 0) is 54.4 Å². The second kappa shape index (κ2) is 7.55. The fourth-order valence-corrected chi connectivity index (χ4v) is 3.60. The van der Waals surface area contributed by atoms with Crippen LogP contribution in [-0.4, -0.2) is 20.1 Å². The Labute approximate surface area is 161 Å². The van der Waals surface area contributed by atoms with Crippen LogP contribution in [-0.2, 0) is 6.42 Å². The van der Waals surface area contributed by atoms with Crippen molar-refractivity contribution in [1.29, 1.82) is 0 Å². The quantitative estimate of drug-likeness (QED) is 0.517. The van der Waals surface area contributed by atoms with Crippen molar-refractivity contribution < 1.29 is 5.11 Å². The van der Waals surface area contributed by atoms with Crippen molar-refractivity contribution in [2.45, 2.75) is 13.3 Å². The van der Waals surface area contributed by atoms with Gasteiger partial charge in [0.25, 0.3) is 0 Å². The van der Waals surface area contributed by atoms with E-state index in [1.807, 2.05) is 55.6 Å². The Hall–Kier alpha value is -3.25. The minimum Gasteiger partial charge on any atom is -0.508 e. The number of hydrogen-bond donors (Lipinski definition) is 2. The highest BCUT2D eigenvalue weighted by Gasteiger charge is 2.08. The van der Waals surface area contributed by atoms with Crippen LogP contribution < -0.4 is 5.32 Å². The van der Waals surface area contributed by atoms with Crippen molar-refractivity contribution in [3.63, 3.8) is 0 Å². The van der Waals surface area contributed by atoms with Crippen molar-refractivity contribution >= 4 is 23.0 Å². The smallest absolute Gasteiger partial charge is 0.132 e. The lowest BCUT2D eigenvalue weighted by atomic mass is 10.1. The van der Waals surface area contributed by atoms with Gasteiger partial charge in [0.1, 0.15) is 17.4 Å². The zero-order chi connectivity index (χ0) is 18.6. The van der Waals surface area contributed by atoms with E-state index in [1.165, 1.54) is 0 Å². The fraction of sp³-hybridized carbons (Fsp3) is 0.0952. The average molecular weight is 374 g/mol. The molecule has 0 atom stereocenters. The summed E-state index contributed by atoms with van der Waals surface area (Å²) in [6, 6.07) is 17.0. The molecule has 4 rings (SSSR count). The van der Waals surface area contributed by atoms with Crippen LogP contribution in [0.3, 0.4) is 0 Å². The molecule has 0 saturated heterocycles. The van der Waals surface area contributed by atoms with E-state index in [1.54, 1.807) is 29.7 Å². The minimum absolute atomic E-state index is 0.273. The van der Waals surface area contributed by atoms with E-state index in [-0.39, 0.29) is 5.75 Å². The Kier molecular flexibility index (Phi) is 4.80. The number of phenols is 1. The van der Waals surface area contributed by atoms with Gasteiger partial charge in [-0.15, -0.1) is 11.3 Å². The molecule has 27 heavy (non-hydrogen) atoms. The number of anilines is 2. The molecule has 134 valence electrons. The SMILES string of the molecule is Cc1ccnc(Nc2cccc(-c3cnc(Cc4ccc(O)cc4)s3)n2)c1. The first kappa shape index (κ1) is 17.2. The van der Waals surface area contributed by atoms with E-state index >= 15 is 0 Å². The van der Waals surface area contributed by atoms with Gasteiger partial charge in [0, 0.05) is 18.8 Å². The number of pyridine rings is 2. The molecule has 5 nitrogen and oxygen atoms in total. The molecule has 0 amide bonds. The summed E-state index contributed by atoms with van der Waals surface area (Å²) >= 11 is 1.62. The van der Waals surface area contributed by atoms with E-state index in [4.69, 9.17) is 0 Å². The number of rotatable bonds is 5. The topological polar surface area (TPSA) is 70.9 Å². The molecule has 0 aliphatic carbocycles. The molecule has 0 saturated carbocycles. The van der Waals surface area contributed by atoms with Gasteiger partial charge < -0.3 is 10.4 Å². The summed E-state index contributed by atoms with van der Waals surface area (Å²) in [6.45, 7) is 2.03. The van der Waals surface area contributed by atoms with Gasteiger partial charge in [-0.25, -0.2) is 15.0 Å². The Morgan fingerprint density at radius 2 is 1.85 bits per heavy atom. The molecule has 2 N–H and O–H groups in total. The Balaban J connectivity index is 1.52. The van der Waals surface area contributed by atoms with Gasteiger partial charge in [-0.1, -0.05) is 18.2 Å². The molecular formula is C21H18N4OS. The molecule has 0 bridgehead atoms. The molecule has 6 heteroatoms. The molecule has 3 heterocycles. The summed E-state index contributed by atoms with van der Waals surface area (Å²) in [5.41, 5.74) is 3.13. The minimum atomic E-state index is 0.273. The molecule has 4 aromatic rings. The van der Waals surface area contributed by atoms with Gasteiger partial charge >= 0.3 is 0 Å². The maximum absolute atomic E-state index is 9.39. The first-order valence-corrected chi connectivity index (χ1v) is 9.37. The number of thiazole rings is 1. The number of hydrogen-bond acceptors (Lipinski definition) is 6. The normalized spacial score (nSPS) is 10.7. The second-order valence-corrected chi connectivity index (χ2v) is 7.33. The third kappa shape index (κ3) is 4.30. The van der Waals surface area contributed by atoms with Gasteiger partial charge in [0.05, 0.1) is 15.6 Å². The van der Waals surface area contributed by atoms with Crippen LogP contribution in [0.1, 0.15) is 16.1 Å². The number of nitrogens with one attached hydrogen (secondary N) is 1. The van der Waals surface area contributed by atoms with Crippen molar-refractivity contribution in [3.05, 3.63) is 83.1 Å². The van der Waals surface area contributed by atoms with Crippen LogP contribution in [0.5, 0.6) is 5.75 Å². The summed E-state index contributed by atoms with van der Waals surface area (Å²) in [6.07, 6.45) is 4.37. The van der Waals surface area contributed by atoms with E-state index < -0.39 is 0 Å². The number of benzene rings is 1. The van der Waals surface area contributed by atoms with Gasteiger partial charge in [0.2, 0.25) is 0 Å². The molecule has 0 aliphatic heterocycles. The molecule has 0 fully saturated rings. The highest BCUT2D eigenvalue weighted by molar-refractivity contribution is 7.15. The summed E-state index contributed by atoms with van der Waals surface area (Å²) < 4.78 is 0. The molecule has 0 spiro atoms. The summed E-state index contributed by atoms with van der Waals surface area (Å²) in [5.74, 6) is 1.80. The second-order valence-electron chi connectivity index (χ2n) is 6.21. The van der Waals surface area contributed by atoms with E-state index in [2.05, 4.69) is 20.3 Å². The zero-order valence-electron chi connectivity index (χ0n) is 14.8. The lowest BCUT2D eigenvalue weighted by molar-refractivity contribution is 0.475. The number of nitrogens with zero attached hydrogens (tertiary/aromatic N) is 3. The predicted octanol–water partition coefficient (Wildman–Crippen LogP) is 4.95. The van der Waals surface area contributed by atoms with Crippen LogP contribution >= 0.6 is 11.3 Å². The summed E-state index contributed by atoms with van der Waals surface area (Å²) in [7, 11) is 0. The number of phenolic OH excluding ortho intramolecular Hbond substituents is 1. The number of aromatic hydroxyl groups is 1. The molecule has 0 aliphatic rings. The van der Waals surface area contributed by atoms with Crippen molar-refractivity contribution in [2.75, 3.05) is 5.32 Å². The largest absolute Gasteiger partial charge is 0.508 e. The lowest BCUT2D eigenvalue weighted by Gasteiger charge is -2.06. The number of aromatic nitrogens is 3. The van der Waals surface area contributed by atoms with Crippen molar-refractivity contribution in [2.24, 2.45) is 0 Å². The maximum Gasteiger partial charge on any atom is 0.132 e. The van der Waals surface area contributed by atoms with E-state index in [0.29, 0.717) is 0 Å². The summed E-state index contributed by atoms with van der Waals surface area (Å²) in [5, 5.41) is 13.6. The Bertz CT molecular complexity index is 1060. The Morgan fingerprint density at radius 3 is 2.67 bits per heavy atom. The van der Waals surface area contributed by atoms with Crippen LogP contribution in [0.4, 0.5) is 11.6 Å². The highest BCUT2D eigenvalue weighted by atomic mass is 32.1. The standard InChI is InChI=1S/C21H18N4OS/c1-14-9-10-22-20(11-14)25-19-4-2-3-17(24-19)18-13-23-21(27-18)12-15-5-7-16(26)8-6-15/h2-11,13,26H,12H2,1H3,(H,22,24,25). The summed E-state index contributed by atoms with van der Waals surface area (Å²) in [4.78, 5) is 14.5. The van der Waals surface area contributed by atoms with Crippen LogP contribution in [0, 0.1) is 6.92 Å². The lowest BCUT2D eigenvalue weighted by Crippen LogP contribution is -1.96. The first-order chi connectivity index (χ1) is 13.2. The molecular weight excluding hydrogens is 356 g/mol. The molecule has 3 aromatic heterocycles. The third-order valence-electron chi connectivity index (χ3n) is 4.02. The predicted molar refractivity (Wildman–Crippen MR) is 109 cm³/mol. The maximum atomic E-state index is 9.39. The average Bonchev–Trinajstić information content (AvgIpc) is 3.13. The third-order valence-corrected chi connectivity index (χ3v) is 5.04. The number of aryl methyl sites for hydroxylation is 1. The monoisotopic (exact) mass is 374 g/mol. The van der Waals surface area contributed by atoms with Crippen molar-refractivity contribution in [1.82, 2.24) is 15.0 Å². The highest BCUT2D eigenvalue weighted by Crippen LogP contribution is 2.27. The molecule has 0 unspecified atom stereocenters. The molecule has 1 aromatic carbocycles.